The summed E-state index contributed by atoms with van der Waals surface area (Å²) in [6, 6.07) is 28.8. The molecule has 0 atom stereocenters. The molecule has 0 unspecified atom stereocenters. The van der Waals surface area contributed by atoms with Crippen LogP contribution >= 0.6 is 23.5 Å². The Morgan fingerprint density at radius 2 is 1.24 bits per heavy atom. The highest BCUT2D eigenvalue weighted by Gasteiger charge is 2.10. The van der Waals surface area contributed by atoms with Crippen molar-refractivity contribution in [3.05, 3.63) is 102 Å². The Balaban J connectivity index is 1.86. The molecule has 0 aromatic heterocycles. The van der Waals surface area contributed by atoms with Gasteiger partial charge in [-0.3, -0.25) is 0 Å². The molecule has 0 aliphatic rings. The average Bonchev–Trinajstić information content (AvgIpc) is 2.68. The first-order chi connectivity index (χ1) is 12.3. The zero-order chi connectivity index (χ0) is 17.3. The van der Waals surface area contributed by atoms with Crippen molar-refractivity contribution in [2.45, 2.75) is 9.79 Å². The Hall–Kier alpha value is -2.30. The van der Waals surface area contributed by atoms with E-state index in [4.69, 9.17) is 0 Å². The van der Waals surface area contributed by atoms with Gasteiger partial charge in [-0.2, -0.15) is 0 Å². The summed E-state index contributed by atoms with van der Waals surface area (Å²) in [5.74, 6) is -0.341. The highest BCUT2D eigenvalue weighted by atomic mass is 32.2. The standard InChI is InChI=1S/C21H16FNS2/c22-20(16-24-18-12-6-2-7-13-18)21(23-17-10-4-1-5-11-17)25-19-14-8-3-9-15-19/h1-16H. The van der Waals surface area contributed by atoms with Gasteiger partial charge < -0.3 is 0 Å². The third-order valence-electron chi connectivity index (χ3n) is 3.19. The maximum atomic E-state index is 14.8. The van der Waals surface area contributed by atoms with Crippen LogP contribution in [0.2, 0.25) is 0 Å². The molecule has 0 saturated carbocycles. The van der Waals surface area contributed by atoms with Gasteiger partial charge >= 0.3 is 0 Å². The first-order valence-corrected chi connectivity index (χ1v) is 9.45. The molecule has 124 valence electrons. The van der Waals surface area contributed by atoms with Crippen LogP contribution in [-0.4, -0.2) is 5.04 Å². The fraction of sp³-hybridized carbons (Fsp3) is 0. The van der Waals surface area contributed by atoms with Gasteiger partial charge in [0.1, 0.15) is 5.04 Å². The fourth-order valence-corrected chi connectivity index (χ4v) is 3.58. The van der Waals surface area contributed by atoms with Crippen molar-refractivity contribution < 1.29 is 4.39 Å². The number of para-hydroxylation sites is 1. The lowest BCUT2D eigenvalue weighted by atomic mass is 10.3. The molecule has 0 heterocycles. The Labute approximate surface area is 155 Å². The molecule has 3 aromatic carbocycles. The molecule has 0 saturated heterocycles. The van der Waals surface area contributed by atoms with E-state index in [1.807, 2.05) is 91.0 Å². The van der Waals surface area contributed by atoms with Gasteiger partial charge in [-0.25, -0.2) is 9.38 Å². The third-order valence-corrected chi connectivity index (χ3v) is 5.05. The molecule has 0 spiro atoms. The molecule has 4 heteroatoms. The van der Waals surface area contributed by atoms with Crippen LogP contribution in [-0.2, 0) is 0 Å². The van der Waals surface area contributed by atoms with E-state index in [2.05, 4.69) is 4.99 Å². The molecule has 0 radical (unpaired) electrons. The van der Waals surface area contributed by atoms with Crippen molar-refractivity contribution in [1.82, 2.24) is 0 Å². The van der Waals surface area contributed by atoms with Crippen LogP contribution in [0, 0.1) is 0 Å². The SMILES string of the molecule is FC(=CSc1ccccc1)C(=Nc1ccccc1)Sc1ccccc1. The summed E-state index contributed by atoms with van der Waals surface area (Å²) >= 11 is 2.67. The van der Waals surface area contributed by atoms with E-state index in [9.17, 15) is 4.39 Å². The van der Waals surface area contributed by atoms with E-state index in [0.29, 0.717) is 5.04 Å². The molecular formula is C21H16FNS2. The first-order valence-electron chi connectivity index (χ1n) is 7.75. The maximum Gasteiger partial charge on any atom is 0.162 e. The summed E-state index contributed by atoms with van der Waals surface area (Å²) in [5, 5.41) is 1.85. The third kappa shape index (κ3) is 5.62. The molecule has 0 fully saturated rings. The van der Waals surface area contributed by atoms with Crippen molar-refractivity contribution in [2.75, 3.05) is 0 Å². The normalized spacial score (nSPS) is 12.2. The van der Waals surface area contributed by atoms with Crippen LogP contribution in [0.25, 0.3) is 0 Å². The number of aliphatic imine (C=N–C) groups is 1. The van der Waals surface area contributed by atoms with Gasteiger partial charge in [0.05, 0.1) is 5.69 Å². The minimum absolute atomic E-state index is 0.341. The van der Waals surface area contributed by atoms with Crippen molar-refractivity contribution in [3.8, 4) is 0 Å². The summed E-state index contributed by atoms with van der Waals surface area (Å²) in [7, 11) is 0. The van der Waals surface area contributed by atoms with Crippen molar-refractivity contribution >= 4 is 34.3 Å². The molecule has 0 aliphatic carbocycles. The quantitative estimate of drug-likeness (QED) is 0.271. The van der Waals surface area contributed by atoms with Gasteiger partial charge in [-0.15, -0.1) is 0 Å². The van der Waals surface area contributed by atoms with Crippen LogP contribution < -0.4 is 0 Å². The highest BCUT2D eigenvalue weighted by molar-refractivity contribution is 8.14. The fourth-order valence-electron chi connectivity index (χ4n) is 2.01. The molecule has 25 heavy (non-hydrogen) atoms. The molecule has 0 aliphatic heterocycles. The predicted octanol–water partition coefficient (Wildman–Crippen LogP) is 7.11. The lowest BCUT2D eigenvalue weighted by Gasteiger charge is -2.05. The maximum absolute atomic E-state index is 14.8. The average molecular weight is 365 g/mol. The Kier molecular flexibility index (Phi) is 6.48. The molecule has 0 N–H and O–H groups in total. The number of halogens is 1. The number of nitrogens with zero attached hydrogens (tertiary/aromatic N) is 1. The van der Waals surface area contributed by atoms with Crippen molar-refractivity contribution in [1.29, 1.82) is 0 Å². The molecular weight excluding hydrogens is 349 g/mol. The Morgan fingerprint density at radius 1 is 0.720 bits per heavy atom. The zero-order valence-corrected chi connectivity index (χ0v) is 15.0. The van der Waals surface area contributed by atoms with Gasteiger partial charge in [0.25, 0.3) is 0 Å². The van der Waals surface area contributed by atoms with Crippen LogP contribution in [0.15, 0.2) is 117 Å². The van der Waals surface area contributed by atoms with Crippen LogP contribution in [0.1, 0.15) is 0 Å². The molecule has 1 nitrogen and oxygen atoms in total. The van der Waals surface area contributed by atoms with E-state index < -0.39 is 0 Å². The van der Waals surface area contributed by atoms with Crippen molar-refractivity contribution in [2.24, 2.45) is 4.99 Å². The Bertz CT molecular complexity index is 847. The second kappa shape index (κ2) is 9.25. The summed E-state index contributed by atoms with van der Waals surface area (Å²) in [6.07, 6.45) is 0. The number of thioether (sulfide) groups is 2. The summed E-state index contributed by atoms with van der Waals surface area (Å²) in [6.45, 7) is 0. The molecule has 0 amide bonds. The minimum Gasteiger partial charge on any atom is -0.239 e. The van der Waals surface area contributed by atoms with Gasteiger partial charge in [0.15, 0.2) is 5.83 Å². The smallest absolute Gasteiger partial charge is 0.162 e. The van der Waals surface area contributed by atoms with Gasteiger partial charge in [0, 0.05) is 15.2 Å². The minimum atomic E-state index is -0.341. The monoisotopic (exact) mass is 365 g/mol. The molecule has 3 aromatic rings. The van der Waals surface area contributed by atoms with Gasteiger partial charge in [-0.1, -0.05) is 78.1 Å². The van der Waals surface area contributed by atoms with E-state index in [-0.39, 0.29) is 5.83 Å². The van der Waals surface area contributed by atoms with Gasteiger partial charge in [0.2, 0.25) is 0 Å². The van der Waals surface area contributed by atoms with Crippen LogP contribution in [0.5, 0.6) is 0 Å². The molecule has 3 rings (SSSR count). The lowest BCUT2D eigenvalue weighted by Crippen LogP contribution is -1.93. The molecule has 0 bridgehead atoms. The van der Waals surface area contributed by atoms with E-state index in [1.165, 1.54) is 28.9 Å². The summed E-state index contributed by atoms with van der Waals surface area (Å²) in [4.78, 5) is 6.43. The second-order valence-electron chi connectivity index (χ2n) is 5.06. The second-order valence-corrected chi connectivity index (χ2v) is 7.07. The number of hydrogen-bond donors (Lipinski definition) is 0. The lowest BCUT2D eigenvalue weighted by molar-refractivity contribution is 0.687. The van der Waals surface area contributed by atoms with E-state index in [0.717, 1.165) is 15.5 Å². The van der Waals surface area contributed by atoms with E-state index in [1.54, 1.807) is 0 Å². The van der Waals surface area contributed by atoms with Gasteiger partial charge in [-0.05, 0) is 36.4 Å². The predicted molar refractivity (Wildman–Crippen MR) is 107 cm³/mol. The van der Waals surface area contributed by atoms with E-state index >= 15 is 0 Å². The summed E-state index contributed by atoms with van der Waals surface area (Å²) in [5.41, 5.74) is 0.731. The van der Waals surface area contributed by atoms with Crippen LogP contribution in [0.3, 0.4) is 0 Å². The summed E-state index contributed by atoms with van der Waals surface area (Å²) < 4.78 is 14.8. The number of rotatable bonds is 5. The zero-order valence-electron chi connectivity index (χ0n) is 13.4. The Morgan fingerprint density at radius 3 is 1.84 bits per heavy atom. The van der Waals surface area contributed by atoms with Crippen LogP contribution in [0.4, 0.5) is 10.1 Å². The number of hydrogen-bond acceptors (Lipinski definition) is 3. The first kappa shape index (κ1) is 17.5. The highest BCUT2D eigenvalue weighted by Crippen LogP contribution is 2.29. The topological polar surface area (TPSA) is 12.4 Å². The largest absolute Gasteiger partial charge is 0.239 e. The van der Waals surface area contributed by atoms with Crippen molar-refractivity contribution in [3.63, 3.8) is 0 Å². The number of benzene rings is 3.